The molecule has 2 rings (SSSR count). The maximum atomic E-state index is 12.1. The zero-order chi connectivity index (χ0) is 13.9. The Morgan fingerprint density at radius 3 is 3.00 bits per heavy atom. The average molecular weight is 304 g/mol. The zero-order valence-corrected chi connectivity index (χ0v) is 12.1. The van der Waals surface area contributed by atoms with E-state index in [-0.39, 0.29) is 15.8 Å². The number of hydrogen-bond acceptors (Lipinski definition) is 6. The summed E-state index contributed by atoms with van der Waals surface area (Å²) in [6.07, 6.45) is 1.77. The van der Waals surface area contributed by atoms with Crippen molar-refractivity contribution in [2.45, 2.75) is 23.8 Å². The molecule has 8 heteroatoms. The van der Waals surface area contributed by atoms with Crippen molar-refractivity contribution >= 4 is 27.3 Å². The number of rotatable bonds is 4. The number of thiophene rings is 1. The van der Waals surface area contributed by atoms with Crippen LogP contribution in [-0.4, -0.2) is 40.6 Å². The van der Waals surface area contributed by atoms with Gasteiger partial charge in [0.25, 0.3) is 0 Å². The molecule has 106 valence electrons. The summed E-state index contributed by atoms with van der Waals surface area (Å²) in [5.74, 6) is -0.522. The van der Waals surface area contributed by atoms with Gasteiger partial charge in [-0.1, -0.05) is 0 Å². The van der Waals surface area contributed by atoms with E-state index in [1.165, 1.54) is 18.6 Å². The van der Waals surface area contributed by atoms with Crippen molar-refractivity contribution in [3.63, 3.8) is 0 Å². The van der Waals surface area contributed by atoms with Crippen LogP contribution in [0.3, 0.4) is 0 Å². The first-order chi connectivity index (χ1) is 9.03. The molecule has 1 fully saturated rings. The van der Waals surface area contributed by atoms with Crippen LogP contribution < -0.4 is 10.0 Å². The number of nitrogens with one attached hydrogen (secondary N) is 2. The van der Waals surface area contributed by atoms with E-state index in [9.17, 15) is 13.2 Å². The molecule has 2 heterocycles. The smallest absolute Gasteiger partial charge is 0.348 e. The van der Waals surface area contributed by atoms with Crippen molar-refractivity contribution in [2.75, 3.05) is 20.2 Å². The van der Waals surface area contributed by atoms with Crippen molar-refractivity contribution in [3.05, 3.63) is 16.3 Å². The predicted octanol–water partition coefficient (Wildman–Crippen LogP) is 0.565. The topological polar surface area (TPSA) is 84.5 Å². The minimum Gasteiger partial charge on any atom is -0.465 e. The average Bonchev–Trinajstić information content (AvgIpc) is 2.89. The second-order valence-electron chi connectivity index (χ2n) is 4.30. The zero-order valence-electron chi connectivity index (χ0n) is 10.5. The van der Waals surface area contributed by atoms with Crippen molar-refractivity contribution < 1.29 is 17.9 Å². The van der Waals surface area contributed by atoms with E-state index < -0.39 is 16.0 Å². The lowest BCUT2D eigenvalue weighted by molar-refractivity contribution is 0.0606. The summed E-state index contributed by atoms with van der Waals surface area (Å²) in [5.41, 5.74) is 0. The Morgan fingerprint density at radius 2 is 2.37 bits per heavy atom. The third kappa shape index (κ3) is 3.53. The lowest BCUT2D eigenvalue weighted by atomic mass is 10.1. The van der Waals surface area contributed by atoms with Crippen LogP contribution in [0.5, 0.6) is 0 Å². The van der Waals surface area contributed by atoms with Gasteiger partial charge in [-0.2, -0.15) is 0 Å². The van der Waals surface area contributed by atoms with E-state index in [0.29, 0.717) is 6.54 Å². The molecule has 0 saturated carbocycles. The molecule has 0 amide bonds. The molecular formula is C11H16N2O4S2. The SMILES string of the molecule is COC(=O)c1cc(S(=O)(=O)NC2CCCNC2)cs1. The third-order valence-electron chi connectivity index (χ3n) is 2.89. The van der Waals surface area contributed by atoms with E-state index in [2.05, 4.69) is 14.8 Å². The number of hydrogen-bond donors (Lipinski definition) is 2. The fourth-order valence-electron chi connectivity index (χ4n) is 1.91. The van der Waals surface area contributed by atoms with Crippen LogP contribution in [0.1, 0.15) is 22.5 Å². The monoisotopic (exact) mass is 304 g/mol. The van der Waals surface area contributed by atoms with Gasteiger partial charge in [0.05, 0.1) is 12.0 Å². The van der Waals surface area contributed by atoms with E-state index in [0.717, 1.165) is 30.7 Å². The van der Waals surface area contributed by atoms with Crippen molar-refractivity contribution in [3.8, 4) is 0 Å². The Bertz CT molecular complexity index is 547. The Hall–Kier alpha value is -0.960. The fourth-order valence-corrected chi connectivity index (χ4v) is 4.37. The molecule has 1 aliphatic heterocycles. The number of methoxy groups -OCH3 is 1. The summed E-state index contributed by atoms with van der Waals surface area (Å²) >= 11 is 1.06. The predicted molar refractivity (Wildman–Crippen MR) is 71.9 cm³/mol. The third-order valence-corrected chi connectivity index (χ3v) is 5.45. The lowest BCUT2D eigenvalue weighted by Crippen LogP contribution is -2.45. The largest absolute Gasteiger partial charge is 0.465 e. The lowest BCUT2D eigenvalue weighted by Gasteiger charge is -2.23. The standard InChI is InChI=1S/C11H16N2O4S2/c1-17-11(14)10-5-9(7-18-10)19(15,16)13-8-3-2-4-12-6-8/h5,7-8,12-13H,2-4,6H2,1H3. The second kappa shape index (κ2) is 6.00. The highest BCUT2D eigenvalue weighted by Crippen LogP contribution is 2.20. The molecule has 0 radical (unpaired) electrons. The molecule has 1 saturated heterocycles. The van der Waals surface area contributed by atoms with Crippen LogP contribution in [-0.2, 0) is 14.8 Å². The normalized spacial score (nSPS) is 20.2. The summed E-state index contributed by atoms with van der Waals surface area (Å²) in [6, 6.07) is 1.25. The molecule has 0 aliphatic carbocycles. The molecule has 1 aromatic heterocycles. The number of sulfonamides is 1. The number of esters is 1. The van der Waals surface area contributed by atoms with Crippen LogP contribution in [0.25, 0.3) is 0 Å². The number of carbonyl (C=O) groups excluding carboxylic acids is 1. The maximum absolute atomic E-state index is 12.1. The summed E-state index contributed by atoms with van der Waals surface area (Å²) in [7, 11) is -2.30. The molecule has 19 heavy (non-hydrogen) atoms. The van der Waals surface area contributed by atoms with Gasteiger partial charge in [-0.15, -0.1) is 11.3 Å². The first-order valence-corrected chi connectivity index (χ1v) is 8.29. The molecule has 1 unspecified atom stereocenters. The summed E-state index contributed by atoms with van der Waals surface area (Å²) in [5, 5.41) is 4.59. The number of carbonyl (C=O) groups is 1. The van der Waals surface area contributed by atoms with E-state index in [1.807, 2.05) is 0 Å². The Balaban J connectivity index is 2.10. The van der Waals surface area contributed by atoms with Gasteiger partial charge in [-0.3, -0.25) is 0 Å². The highest BCUT2D eigenvalue weighted by atomic mass is 32.2. The Labute approximate surface area is 116 Å². The van der Waals surface area contributed by atoms with Gasteiger partial charge in [0, 0.05) is 18.0 Å². The number of ether oxygens (including phenoxy) is 1. The highest BCUT2D eigenvalue weighted by Gasteiger charge is 2.23. The van der Waals surface area contributed by atoms with Crippen LogP contribution in [0.4, 0.5) is 0 Å². The van der Waals surface area contributed by atoms with Crippen molar-refractivity contribution in [1.29, 1.82) is 0 Å². The first kappa shape index (κ1) is 14.4. The van der Waals surface area contributed by atoms with Gasteiger partial charge < -0.3 is 10.1 Å². The van der Waals surface area contributed by atoms with Crippen molar-refractivity contribution in [1.82, 2.24) is 10.0 Å². The minimum atomic E-state index is -3.57. The van der Waals surface area contributed by atoms with E-state index >= 15 is 0 Å². The van der Waals surface area contributed by atoms with Crippen LogP contribution in [0.2, 0.25) is 0 Å². The molecule has 1 atom stereocenters. The Morgan fingerprint density at radius 1 is 1.58 bits per heavy atom. The maximum Gasteiger partial charge on any atom is 0.348 e. The molecule has 0 bridgehead atoms. The summed E-state index contributed by atoms with van der Waals surface area (Å²) < 4.78 is 31.5. The molecule has 0 spiro atoms. The first-order valence-electron chi connectivity index (χ1n) is 5.93. The molecular weight excluding hydrogens is 288 g/mol. The van der Waals surface area contributed by atoms with Gasteiger partial charge >= 0.3 is 5.97 Å². The van der Waals surface area contributed by atoms with Gasteiger partial charge in [-0.25, -0.2) is 17.9 Å². The van der Waals surface area contributed by atoms with Gasteiger partial charge in [0.15, 0.2) is 0 Å². The molecule has 6 nitrogen and oxygen atoms in total. The Kier molecular flexibility index (Phi) is 4.56. The number of piperidine rings is 1. The summed E-state index contributed by atoms with van der Waals surface area (Å²) in [4.78, 5) is 11.7. The van der Waals surface area contributed by atoms with Gasteiger partial charge in [0.1, 0.15) is 4.88 Å². The van der Waals surface area contributed by atoms with Gasteiger partial charge in [-0.05, 0) is 25.5 Å². The second-order valence-corrected chi connectivity index (χ2v) is 6.93. The van der Waals surface area contributed by atoms with Crippen LogP contribution >= 0.6 is 11.3 Å². The van der Waals surface area contributed by atoms with E-state index in [1.54, 1.807) is 0 Å². The van der Waals surface area contributed by atoms with E-state index in [4.69, 9.17) is 0 Å². The fraction of sp³-hybridized carbons (Fsp3) is 0.545. The van der Waals surface area contributed by atoms with Crippen LogP contribution in [0.15, 0.2) is 16.3 Å². The highest BCUT2D eigenvalue weighted by molar-refractivity contribution is 7.89. The molecule has 1 aromatic rings. The summed E-state index contributed by atoms with van der Waals surface area (Å²) in [6.45, 7) is 1.55. The molecule has 0 aromatic carbocycles. The van der Waals surface area contributed by atoms with Crippen molar-refractivity contribution in [2.24, 2.45) is 0 Å². The molecule has 1 aliphatic rings. The minimum absolute atomic E-state index is 0.0970. The molecule has 2 N–H and O–H groups in total. The van der Waals surface area contributed by atoms with Crippen LogP contribution in [0, 0.1) is 0 Å². The quantitative estimate of drug-likeness (QED) is 0.794. The van der Waals surface area contributed by atoms with Gasteiger partial charge in [0.2, 0.25) is 10.0 Å².